The molecule has 1 aromatic heterocycles. The van der Waals surface area contributed by atoms with Gasteiger partial charge in [-0.25, -0.2) is 13.2 Å². The molecule has 1 amide bonds. The molecule has 0 unspecified atom stereocenters. The number of nitrogens with zero attached hydrogens (tertiary/aromatic N) is 2. The van der Waals surface area contributed by atoms with Crippen LogP contribution in [0.5, 0.6) is 0 Å². The first kappa shape index (κ1) is 25.5. The largest absolute Gasteiger partial charge is 0.448 e. The van der Waals surface area contributed by atoms with Crippen molar-refractivity contribution in [3.8, 4) is 0 Å². The van der Waals surface area contributed by atoms with Crippen molar-refractivity contribution in [2.45, 2.75) is 11.5 Å². The summed E-state index contributed by atoms with van der Waals surface area (Å²) in [4.78, 5) is 32.8. The van der Waals surface area contributed by atoms with Crippen molar-refractivity contribution in [2.24, 2.45) is 0 Å². The maximum absolute atomic E-state index is 14.0. The summed E-state index contributed by atoms with van der Waals surface area (Å²) in [6.45, 7) is 0. The molecule has 198 valence electrons. The highest BCUT2D eigenvalue weighted by molar-refractivity contribution is 7.92. The van der Waals surface area contributed by atoms with E-state index in [1.54, 1.807) is 54.7 Å². The molecule has 0 radical (unpaired) electrons. The van der Waals surface area contributed by atoms with E-state index in [0.29, 0.717) is 11.3 Å². The monoisotopic (exact) mass is 548 g/mol. The molecular weight excluding hydrogens is 524 g/mol. The van der Waals surface area contributed by atoms with Crippen LogP contribution in [-0.2, 0) is 24.2 Å². The summed E-state index contributed by atoms with van der Waals surface area (Å²) in [6.07, 6.45) is 2.26. The molecular formula is C32H24N2O5S. The number of ether oxygens (including phenoxy) is 1. The van der Waals surface area contributed by atoms with Crippen molar-refractivity contribution >= 4 is 33.4 Å². The van der Waals surface area contributed by atoms with E-state index in [9.17, 15) is 18.0 Å². The second kappa shape index (κ2) is 10.4. The Morgan fingerprint density at radius 2 is 1.43 bits per heavy atom. The number of aromatic nitrogens is 1. The van der Waals surface area contributed by atoms with E-state index in [1.165, 1.54) is 6.08 Å². The molecule has 4 aromatic rings. The lowest BCUT2D eigenvalue weighted by Gasteiger charge is -2.46. The third kappa shape index (κ3) is 4.63. The van der Waals surface area contributed by atoms with E-state index in [-0.39, 0.29) is 16.8 Å². The number of carbonyl (C=O) groups is 2. The zero-order valence-electron chi connectivity index (χ0n) is 21.3. The van der Waals surface area contributed by atoms with Crippen LogP contribution in [0.15, 0.2) is 127 Å². The Kier molecular flexibility index (Phi) is 6.61. The van der Waals surface area contributed by atoms with Gasteiger partial charge in [-0.1, -0.05) is 97.1 Å². The Morgan fingerprint density at radius 3 is 2.00 bits per heavy atom. The molecule has 8 heteroatoms. The summed E-state index contributed by atoms with van der Waals surface area (Å²) in [5.41, 5.74) is 2.71. The van der Waals surface area contributed by atoms with Gasteiger partial charge >= 0.3 is 5.97 Å². The first-order chi connectivity index (χ1) is 19.4. The zero-order chi connectivity index (χ0) is 27.7. The molecule has 40 heavy (non-hydrogen) atoms. The first-order valence-electron chi connectivity index (χ1n) is 12.7. The van der Waals surface area contributed by atoms with Gasteiger partial charge in [0.05, 0.1) is 17.0 Å². The number of hydrogen-bond donors (Lipinski definition) is 0. The average Bonchev–Trinajstić information content (AvgIpc) is 2.99. The van der Waals surface area contributed by atoms with Crippen molar-refractivity contribution < 1.29 is 22.7 Å². The van der Waals surface area contributed by atoms with Crippen LogP contribution in [-0.4, -0.2) is 41.3 Å². The number of esters is 1. The van der Waals surface area contributed by atoms with Gasteiger partial charge in [0.25, 0.3) is 5.91 Å². The van der Waals surface area contributed by atoms with E-state index < -0.39 is 38.9 Å². The highest BCUT2D eigenvalue weighted by Crippen LogP contribution is 2.44. The number of carbonyl (C=O) groups excluding carboxylic acids is 2. The molecule has 7 nitrogen and oxygen atoms in total. The molecule has 3 aromatic carbocycles. The van der Waals surface area contributed by atoms with Crippen LogP contribution in [0.3, 0.4) is 0 Å². The minimum Gasteiger partial charge on any atom is -0.448 e. The van der Waals surface area contributed by atoms with Crippen LogP contribution < -0.4 is 0 Å². The first-order valence-corrected chi connectivity index (χ1v) is 14.4. The summed E-state index contributed by atoms with van der Waals surface area (Å²) in [5, 5.41) is -1.30. The number of pyridine rings is 1. The highest BCUT2D eigenvalue weighted by atomic mass is 32.2. The molecule has 1 fully saturated rings. The lowest BCUT2D eigenvalue weighted by atomic mass is 9.97. The van der Waals surface area contributed by atoms with Crippen molar-refractivity contribution in [2.75, 3.05) is 5.75 Å². The van der Waals surface area contributed by atoms with Gasteiger partial charge < -0.3 is 4.74 Å². The van der Waals surface area contributed by atoms with Crippen molar-refractivity contribution in [3.05, 3.63) is 149 Å². The van der Waals surface area contributed by atoms with Crippen LogP contribution >= 0.6 is 0 Å². The minimum atomic E-state index is -3.88. The zero-order valence-corrected chi connectivity index (χ0v) is 22.1. The Hall–Kier alpha value is -4.82. The summed E-state index contributed by atoms with van der Waals surface area (Å²) >= 11 is 0. The second-order valence-electron chi connectivity index (χ2n) is 9.49. The number of fused-ring (bicyclic) bond motifs is 1. The summed E-state index contributed by atoms with van der Waals surface area (Å²) in [7, 11) is -3.88. The summed E-state index contributed by atoms with van der Waals surface area (Å²) < 4.78 is 33.2. The number of benzene rings is 3. The third-order valence-corrected chi connectivity index (χ3v) is 8.75. The maximum atomic E-state index is 14.0. The van der Waals surface area contributed by atoms with Crippen LogP contribution in [0.4, 0.5) is 0 Å². The molecule has 2 aliphatic heterocycles. The Labute approximate surface area is 232 Å². The van der Waals surface area contributed by atoms with Crippen LogP contribution in [0.2, 0.25) is 0 Å². The molecule has 3 heterocycles. The highest BCUT2D eigenvalue weighted by Gasteiger charge is 2.57. The lowest BCUT2D eigenvalue weighted by molar-refractivity contribution is -0.148. The van der Waals surface area contributed by atoms with Gasteiger partial charge in [0, 0.05) is 11.8 Å². The average molecular weight is 549 g/mol. The quantitative estimate of drug-likeness (QED) is 0.195. The fourth-order valence-corrected chi connectivity index (χ4v) is 7.01. The minimum absolute atomic E-state index is 0.0638. The molecule has 0 bridgehead atoms. The van der Waals surface area contributed by atoms with Gasteiger partial charge in [-0.3, -0.25) is 14.7 Å². The van der Waals surface area contributed by atoms with Crippen molar-refractivity contribution in [1.29, 1.82) is 0 Å². The van der Waals surface area contributed by atoms with Gasteiger partial charge in [-0.2, -0.15) is 0 Å². The molecule has 2 aliphatic rings. The standard InChI is InChI=1S/C32H24N2O5S/c35-30-26(20-25-18-10-11-19-33-25)31-34(30)28(27(21-40(31,37)38)22-12-4-1-5-13-22)32(36)39-29(23-14-6-2-7-15-23)24-16-8-3-9-17-24/h1-20,29,31H,21H2/b26-20-/t31-/m1/s1. The normalized spacial score (nSPS) is 18.8. The third-order valence-electron chi connectivity index (χ3n) is 6.92. The fourth-order valence-electron chi connectivity index (χ4n) is 5.07. The van der Waals surface area contributed by atoms with E-state index in [2.05, 4.69) is 4.98 Å². The van der Waals surface area contributed by atoms with Crippen LogP contribution in [0.25, 0.3) is 11.6 Å². The molecule has 1 saturated heterocycles. The Bertz CT molecular complexity index is 1700. The van der Waals surface area contributed by atoms with Gasteiger partial charge in [0.15, 0.2) is 21.3 Å². The summed E-state index contributed by atoms with van der Waals surface area (Å²) in [6, 6.07) is 32.5. The number of sulfone groups is 1. The van der Waals surface area contributed by atoms with Gasteiger partial charge in [-0.05, 0) is 34.9 Å². The topological polar surface area (TPSA) is 93.6 Å². The Morgan fingerprint density at radius 1 is 0.850 bits per heavy atom. The van der Waals surface area contributed by atoms with Gasteiger partial charge in [-0.15, -0.1) is 0 Å². The van der Waals surface area contributed by atoms with E-state index in [0.717, 1.165) is 16.0 Å². The van der Waals surface area contributed by atoms with E-state index >= 15 is 0 Å². The predicted octanol–water partition coefficient (Wildman–Crippen LogP) is 4.81. The van der Waals surface area contributed by atoms with Gasteiger partial charge in [0.1, 0.15) is 5.70 Å². The van der Waals surface area contributed by atoms with Crippen molar-refractivity contribution in [3.63, 3.8) is 0 Å². The number of amides is 1. The van der Waals surface area contributed by atoms with E-state index in [4.69, 9.17) is 4.74 Å². The molecule has 0 N–H and O–H groups in total. The fraction of sp³-hybridized carbons (Fsp3) is 0.0938. The molecule has 1 atom stereocenters. The van der Waals surface area contributed by atoms with E-state index in [1.807, 2.05) is 60.7 Å². The number of hydrogen-bond acceptors (Lipinski definition) is 6. The summed E-state index contributed by atoms with van der Waals surface area (Å²) in [5.74, 6) is -1.77. The van der Waals surface area contributed by atoms with Gasteiger partial charge in [0.2, 0.25) is 0 Å². The SMILES string of the molecule is O=C(OC(c1ccccc1)c1ccccc1)C1=C(c2ccccc2)CS(=O)(=O)[C@@H]2/C(=C\c3ccccn3)C(=O)N12. The smallest absolute Gasteiger partial charge is 0.356 e. The number of β-lactam (4-membered cyclic amide) rings is 1. The molecule has 6 rings (SSSR count). The van der Waals surface area contributed by atoms with Crippen LogP contribution in [0, 0.1) is 0 Å². The second-order valence-corrected chi connectivity index (χ2v) is 11.5. The maximum Gasteiger partial charge on any atom is 0.356 e. The Balaban J connectivity index is 1.46. The predicted molar refractivity (Wildman–Crippen MR) is 151 cm³/mol. The lowest BCUT2D eigenvalue weighted by Crippen LogP contribution is -2.62. The molecule has 0 saturated carbocycles. The molecule has 0 aliphatic carbocycles. The molecule has 0 spiro atoms. The number of rotatable bonds is 6. The van der Waals surface area contributed by atoms with Crippen LogP contribution in [0.1, 0.15) is 28.5 Å². The van der Waals surface area contributed by atoms with Crippen molar-refractivity contribution in [1.82, 2.24) is 9.88 Å².